The van der Waals surface area contributed by atoms with Gasteiger partial charge in [0.25, 0.3) is 0 Å². The van der Waals surface area contributed by atoms with Crippen LogP contribution < -0.4 is 5.59 Å². The largest absolute Gasteiger partial charge is 0.461 e. The van der Waals surface area contributed by atoms with Crippen molar-refractivity contribution in [3.05, 3.63) is 65.4 Å². The van der Waals surface area contributed by atoms with Gasteiger partial charge >= 0.3 is 5.97 Å². The molecule has 0 amide bonds. The molecule has 0 N–H and O–H groups in total. The average Bonchev–Trinajstić information content (AvgIpc) is 2.93. The number of rotatable bonds is 4. The van der Waals surface area contributed by atoms with E-state index in [0.29, 0.717) is 5.56 Å². The van der Waals surface area contributed by atoms with E-state index in [-0.39, 0.29) is 23.5 Å². The molecule has 1 aromatic heterocycles. The van der Waals surface area contributed by atoms with Crippen LogP contribution in [-0.4, -0.2) is 25.0 Å². The highest BCUT2D eigenvalue weighted by Gasteiger charge is 2.25. The van der Waals surface area contributed by atoms with Gasteiger partial charge in [-0.15, -0.1) is 0 Å². The minimum Gasteiger partial charge on any atom is -0.461 e. The number of aromatic nitrogens is 1. The Hall–Kier alpha value is -3.26. The molecule has 132 valence electrons. The third kappa shape index (κ3) is 3.27. The molecule has 27 heavy (non-hydrogen) atoms. The van der Waals surface area contributed by atoms with Crippen LogP contribution in [0.3, 0.4) is 0 Å². The van der Waals surface area contributed by atoms with Crippen molar-refractivity contribution in [2.45, 2.75) is 13.8 Å². The quantitative estimate of drug-likeness (QED) is 0.532. The van der Waals surface area contributed by atoms with Crippen LogP contribution in [-0.2, 0) is 11.8 Å². The van der Waals surface area contributed by atoms with Gasteiger partial charge < -0.3 is 9.30 Å². The highest BCUT2D eigenvalue weighted by molar-refractivity contribution is 6.34. The second-order valence-corrected chi connectivity index (χ2v) is 6.27. The molecule has 0 aliphatic carbocycles. The van der Waals surface area contributed by atoms with E-state index in [0.717, 1.165) is 16.7 Å². The van der Waals surface area contributed by atoms with Crippen LogP contribution >= 0.6 is 0 Å². The van der Waals surface area contributed by atoms with Gasteiger partial charge in [-0.1, -0.05) is 48.5 Å². The van der Waals surface area contributed by atoms with Gasteiger partial charge in [0.1, 0.15) is 19.6 Å². The van der Waals surface area contributed by atoms with Crippen LogP contribution in [0.5, 0.6) is 0 Å². The lowest BCUT2D eigenvalue weighted by atomic mass is 9.93. The standard InChI is InChI=1S/C22H19BN2O2/c1-4-27-22(26)20-19(18(13-24)21(23)25(20)3)16-11-9-15(10-12-16)17-8-6-5-7-14(17)2/h5-12H,4H2,1-3H3. The van der Waals surface area contributed by atoms with Gasteiger partial charge in [0.15, 0.2) is 0 Å². The molecule has 0 saturated carbocycles. The second kappa shape index (κ2) is 7.55. The highest BCUT2D eigenvalue weighted by Crippen LogP contribution is 2.31. The summed E-state index contributed by atoms with van der Waals surface area (Å²) < 4.78 is 6.68. The summed E-state index contributed by atoms with van der Waals surface area (Å²) in [6.45, 7) is 4.05. The number of nitriles is 1. The van der Waals surface area contributed by atoms with Crippen LogP contribution in [0.1, 0.15) is 28.5 Å². The zero-order valence-corrected chi connectivity index (χ0v) is 15.6. The number of benzene rings is 2. The van der Waals surface area contributed by atoms with Gasteiger partial charge in [0, 0.05) is 12.6 Å². The number of nitrogens with zero attached hydrogens (tertiary/aromatic N) is 2. The molecule has 0 saturated heterocycles. The third-order valence-electron chi connectivity index (χ3n) is 4.65. The maximum atomic E-state index is 12.5. The molecule has 5 heteroatoms. The van der Waals surface area contributed by atoms with Gasteiger partial charge in [-0.2, -0.15) is 5.26 Å². The molecule has 0 bridgehead atoms. The molecule has 3 rings (SSSR count). The van der Waals surface area contributed by atoms with Gasteiger partial charge in [-0.3, -0.25) is 0 Å². The molecule has 0 aliphatic heterocycles. The second-order valence-electron chi connectivity index (χ2n) is 6.27. The Morgan fingerprint density at radius 2 is 1.78 bits per heavy atom. The van der Waals surface area contributed by atoms with Gasteiger partial charge in [0.05, 0.1) is 12.2 Å². The van der Waals surface area contributed by atoms with E-state index >= 15 is 0 Å². The lowest BCUT2D eigenvalue weighted by molar-refractivity contribution is 0.0516. The Morgan fingerprint density at radius 3 is 2.37 bits per heavy atom. The highest BCUT2D eigenvalue weighted by atomic mass is 16.5. The van der Waals surface area contributed by atoms with Crippen LogP contribution in [0, 0.1) is 18.3 Å². The summed E-state index contributed by atoms with van der Waals surface area (Å²) in [6, 6.07) is 18.0. The van der Waals surface area contributed by atoms with E-state index in [9.17, 15) is 10.1 Å². The fraction of sp³-hybridized carbons (Fsp3) is 0.182. The van der Waals surface area contributed by atoms with Crippen molar-refractivity contribution in [2.24, 2.45) is 7.05 Å². The fourth-order valence-corrected chi connectivity index (χ4v) is 3.25. The predicted molar refractivity (Wildman–Crippen MR) is 107 cm³/mol. The molecular formula is C22H19BN2O2. The van der Waals surface area contributed by atoms with Gasteiger partial charge in [-0.05, 0) is 41.7 Å². The number of aryl methyl sites for hydroxylation is 1. The van der Waals surface area contributed by atoms with Crippen molar-refractivity contribution in [3.8, 4) is 28.3 Å². The maximum absolute atomic E-state index is 12.5. The molecule has 0 unspecified atom stereocenters. The molecule has 2 aromatic carbocycles. The summed E-state index contributed by atoms with van der Waals surface area (Å²) in [5.41, 5.74) is 5.46. The van der Waals surface area contributed by atoms with Crippen LogP contribution in [0.15, 0.2) is 48.5 Å². The zero-order chi connectivity index (χ0) is 19.6. The normalized spacial score (nSPS) is 10.4. The third-order valence-corrected chi connectivity index (χ3v) is 4.65. The molecular weight excluding hydrogens is 335 g/mol. The fourth-order valence-electron chi connectivity index (χ4n) is 3.25. The minimum atomic E-state index is -0.494. The maximum Gasteiger partial charge on any atom is 0.355 e. The van der Waals surface area contributed by atoms with Crippen LogP contribution in [0.25, 0.3) is 22.3 Å². The van der Waals surface area contributed by atoms with E-state index in [2.05, 4.69) is 25.1 Å². The lowest BCUT2D eigenvalue weighted by Gasteiger charge is -2.10. The Morgan fingerprint density at radius 1 is 1.15 bits per heavy atom. The van der Waals surface area contributed by atoms with Crippen molar-refractivity contribution in [3.63, 3.8) is 0 Å². The lowest BCUT2D eigenvalue weighted by Crippen LogP contribution is -2.20. The summed E-state index contributed by atoms with van der Waals surface area (Å²) in [7, 11) is 7.72. The van der Waals surface area contributed by atoms with Gasteiger partial charge in [-0.25, -0.2) is 4.79 Å². The number of carbonyl (C=O) groups is 1. The molecule has 1 heterocycles. The molecule has 0 atom stereocenters. The number of hydrogen-bond acceptors (Lipinski definition) is 3. The number of carbonyl (C=O) groups excluding carboxylic acids is 1. The van der Waals surface area contributed by atoms with Crippen molar-refractivity contribution in [1.82, 2.24) is 4.57 Å². The molecule has 0 spiro atoms. The topological polar surface area (TPSA) is 55.0 Å². The molecule has 0 aliphatic rings. The summed E-state index contributed by atoms with van der Waals surface area (Å²) in [5.74, 6) is -0.494. The van der Waals surface area contributed by atoms with Crippen molar-refractivity contribution in [1.29, 1.82) is 5.26 Å². The first kappa shape index (κ1) is 18.5. The minimum absolute atomic E-state index is 0.247. The first-order valence-electron chi connectivity index (χ1n) is 8.71. The number of esters is 1. The molecule has 4 nitrogen and oxygen atoms in total. The summed E-state index contributed by atoms with van der Waals surface area (Å²) >= 11 is 0. The van der Waals surface area contributed by atoms with Crippen LogP contribution in [0.4, 0.5) is 0 Å². The van der Waals surface area contributed by atoms with E-state index in [4.69, 9.17) is 12.6 Å². The molecule has 0 fully saturated rings. The first-order chi connectivity index (χ1) is 13.0. The van der Waals surface area contributed by atoms with Crippen molar-refractivity contribution in [2.75, 3.05) is 6.61 Å². The molecule has 3 aromatic rings. The SMILES string of the molecule is [B]c1c(C#N)c(-c2ccc(-c3ccccc3C)cc2)c(C(=O)OCC)n1C. The Balaban J connectivity index is 2.14. The monoisotopic (exact) mass is 354 g/mol. The molecule has 2 radical (unpaired) electrons. The van der Waals surface area contributed by atoms with Gasteiger partial charge in [0.2, 0.25) is 0 Å². The Labute approximate surface area is 160 Å². The Kier molecular flexibility index (Phi) is 5.18. The van der Waals surface area contributed by atoms with Crippen molar-refractivity contribution < 1.29 is 9.53 Å². The van der Waals surface area contributed by atoms with Crippen LogP contribution in [0.2, 0.25) is 0 Å². The number of ether oxygens (including phenoxy) is 1. The first-order valence-corrected chi connectivity index (χ1v) is 8.71. The summed E-state index contributed by atoms with van der Waals surface area (Å²) in [4.78, 5) is 12.5. The van der Waals surface area contributed by atoms with E-state index in [1.54, 1.807) is 14.0 Å². The predicted octanol–water partition coefficient (Wildman–Crippen LogP) is 3.51. The number of hydrogen-bond donors (Lipinski definition) is 0. The van der Waals surface area contributed by atoms with Crippen molar-refractivity contribution >= 4 is 19.4 Å². The summed E-state index contributed by atoms with van der Waals surface area (Å²) in [5, 5.41) is 9.58. The zero-order valence-electron chi connectivity index (χ0n) is 15.6. The smallest absolute Gasteiger partial charge is 0.355 e. The van der Waals surface area contributed by atoms with E-state index in [1.165, 1.54) is 10.1 Å². The van der Waals surface area contributed by atoms with E-state index in [1.807, 2.05) is 36.4 Å². The average molecular weight is 354 g/mol. The Bertz CT molecular complexity index is 1040. The van der Waals surface area contributed by atoms with E-state index < -0.39 is 5.97 Å². The summed E-state index contributed by atoms with van der Waals surface area (Å²) in [6.07, 6.45) is 0.